The second kappa shape index (κ2) is 3.12. The molecule has 13 heavy (non-hydrogen) atoms. The van der Waals surface area contributed by atoms with Crippen LogP contribution in [-0.4, -0.2) is 18.5 Å². The summed E-state index contributed by atoms with van der Waals surface area (Å²) in [6.07, 6.45) is 0. The second-order valence-corrected chi connectivity index (χ2v) is 3.95. The molecular weight excluding hydrogens is 232 g/mol. The first-order chi connectivity index (χ1) is 6.18. The summed E-state index contributed by atoms with van der Waals surface area (Å²) in [5.74, 6) is -0.00176. The Bertz CT molecular complexity index is 353. The quantitative estimate of drug-likeness (QED) is 0.749. The molecule has 1 aliphatic rings. The number of carbonyl (C=O) groups excluding carboxylic acids is 1. The molecular formula is C9H9BrN2O. The number of hydrogen-bond donors (Lipinski definition) is 1. The molecule has 68 valence electrons. The number of benzene rings is 1. The Morgan fingerprint density at radius 1 is 1.54 bits per heavy atom. The maximum Gasteiger partial charge on any atom is 0.245 e. The Labute approximate surface area is 84.6 Å². The minimum atomic E-state index is -0.306. The van der Waals surface area contributed by atoms with E-state index in [0.717, 1.165) is 10.2 Å². The van der Waals surface area contributed by atoms with Crippen molar-refractivity contribution in [2.45, 2.75) is 6.04 Å². The van der Waals surface area contributed by atoms with E-state index in [2.05, 4.69) is 15.9 Å². The molecule has 1 unspecified atom stereocenters. The Balaban J connectivity index is 2.23. The van der Waals surface area contributed by atoms with Gasteiger partial charge in [0.05, 0.1) is 6.54 Å². The topological polar surface area (TPSA) is 46.3 Å². The van der Waals surface area contributed by atoms with Gasteiger partial charge in [0.2, 0.25) is 5.91 Å². The molecule has 0 spiro atoms. The van der Waals surface area contributed by atoms with Gasteiger partial charge in [-0.15, -0.1) is 0 Å². The highest BCUT2D eigenvalue weighted by Gasteiger charge is 2.34. The van der Waals surface area contributed by atoms with Crippen LogP contribution >= 0.6 is 15.9 Å². The number of β-lactam (4-membered cyclic amide) rings is 1. The summed E-state index contributed by atoms with van der Waals surface area (Å²) >= 11 is 3.35. The normalized spacial score (nSPS) is 21.5. The van der Waals surface area contributed by atoms with E-state index in [0.29, 0.717) is 6.54 Å². The number of nitrogens with two attached hydrogens (primary N) is 1. The fourth-order valence-corrected chi connectivity index (χ4v) is 1.72. The van der Waals surface area contributed by atoms with Gasteiger partial charge in [0.15, 0.2) is 0 Å². The first-order valence-electron chi connectivity index (χ1n) is 4.01. The average molecular weight is 241 g/mol. The van der Waals surface area contributed by atoms with E-state index < -0.39 is 0 Å². The first kappa shape index (κ1) is 8.72. The highest BCUT2D eigenvalue weighted by molar-refractivity contribution is 9.10. The predicted molar refractivity (Wildman–Crippen MR) is 54.5 cm³/mol. The van der Waals surface area contributed by atoms with Crippen LogP contribution in [0.1, 0.15) is 0 Å². The zero-order valence-corrected chi connectivity index (χ0v) is 8.49. The van der Waals surface area contributed by atoms with Crippen molar-refractivity contribution < 1.29 is 4.79 Å². The highest BCUT2D eigenvalue weighted by atomic mass is 79.9. The largest absolute Gasteiger partial charge is 0.318 e. The number of rotatable bonds is 1. The van der Waals surface area contributed by atoms with Crippen molar-refractivity contribution >= 4 is 27.5 Å². The lowest BCUT2D eigenvalue weighted by molar-refractivity contribution is -0.123. The number of nitrogens with zero attached hydrogens (tertiary/aromatic N) is 1. The van der Waals surface area contributed by atoms with Gasteiger partial charge in [0, 0.05) is 10.2 Å². The van der Waals surface area contributed by atoms with Crippen LogP contribution in [0.4, 0.5) is 5.69 Å². The van der Waals surface area contributed by atoms with Crippen LogP contribution in [0.25, 0.3) is 0 Å². The lowest BCUT2D eigenvalue weighted by Gasteiger charge is -2.36. The summed E-state index contributed by atoms with van der Waals surface area (Å²) in [6.45, 7) is 0.620. The van der Waals surface area contributed by atoms with E-state index in [9.17, 15) is 4.79 Å². The molecule has 1 aromatic carbocycles. The monoisotopic (exact) mass is 240 g/mol. The standard InChI is InChI=1S/C9H9BrN2O/c10-6-2-1-3-7(4-6)12-5-8(11)9(12)13/h1-4,8H,5,11H2. The minimum Gasteiger partial charge on any atom is -0.318 e. The molecule has 0 saturated carbocycles. The Morgan fingerprint density at radius 2 is 2.31 bits per heavy atom. The van der Waals surface area contributed by atoms with Crippen molar-refractivity contribution in [3.63, 3.8) is 0 Å². The number of hydrogen-bond acceptors (Lipinski definition) is 2. The van der Waals surface area contributed by atoms with Gasteiger partial charge in [0.1, 0.15) is 6.04 Å². The fraction of sp³-hybridized carbons (Fsp3) is 0.222. The van der Waals surface area contributed by atoms with Crippen LogP contribution in [0.2, 0.25) is 0 Å². The van der Waals surface area contributed by atoms with E-state index >= 15 is 0 Å². The first-order valence-corrected chi connectivity index (χ1v) is 4.80. The third kappa shape index (κ3) is 1.47. The molecule has 2 rings (SSSR count). The van der Waals surface area contributed by atoms with Gasteiger partial charge < -0.3 is 10.6 Å². The van der Waals surface area contributed by atoms with Crippen LogP contribution in [0.5, 0.6) is 0 Å². The fourth-order valence-electron chi connectivity index (χ4n) is 1.33. The Hall–Kier alpha value is -0.870. The molecule has 3 nitrogen and oxygen atoms in total. The van der Waals surface area contributed by atoms with E-state index in [4.69, 9.17) is 5.73 Å². The zero-order chi connectivity index (χ0) is 9.42. The number of amides is 1. The minimum absolute atomic E-state index is 0.00176. The molecule has 1 atom stereocenters. The molecule has 0 aromatic heterocycles. The lowest BCUT2D eigenvalue weighted by atomic mass is 10.1. The zero-order valence-electron chi connectivity index (χ0n) is 6.90. The maximum absolute atomic E-state index is 11.3. The molecule has 4 heteroatoms. The molecule has 1 aromatic rings. The molecule has 1 fully saturated rings. The third-order valence-corrected chi connectivity index (χ3v) is 2.58. The van der Waals surface area contributed by atoms with Crippen molar-refractivity contribution in [1.29, 1.82) is 0 Å². The Kier molecular flexibility index (Phi) is 2.09. The highest BCUT2D eigenvalue weighted by Crippen LogP contribution is 2.24. The van der Waals surface area contributed by atoms with Crippen molar-refractivity contribution in [3.8, 4) is 0 Å². The van der Waals surface area contributed by atoms with Gasteiger partial charge in [-0.1, -0.05) is 22.0 Å². The summed E-state index contributed by atoms with van der Waals surface area (Å²) in [6, 6.07) is 7.32. The van der Waals surface area contributed by atoms with Crippen LogP contribution in [0.3, 0.4) is 0 Å². The van der Waals surface area contributed by atoms with Crippen LogP contribution in [0.15, 0.2) is 28.7 Å². The van der Waals surface area contributed by atoms with E-state index in [1.807, 2.05) is 24.3 Å². The average Bonchev–Trinajstić information content (AvgIpc) is 2.13. The van der Waals surface area contributed by atoms with Gasteiger partial charge in [0.25, 0.3) is 0 Å². The van der Waals surface area contributed by atoms with Crippen LogP contribution in [0, 0.1) is 0 Å². The summed E-state index contributed by atoms with van der Waals surface area (Å²) in [7, 11) is 0. The van der Waals surface area contributed by atoms with Crippen LogP contribution in [-0.2, 0) is 4.79 Å². The summed E-state index contributed by atoms with van der Waals surface area (Å²) in [5, 5.41) is 0. The SMILES string of the molecule is NC1CN(c2cccc(Br)c2)C1=O. The van der Waals surface area contributed by atoms with Gasteiger partial charge in [-0.25, -0.2) is 0 Å². The van der Waals surface area contributed by atoms with Gasteiger partial charge in [-0.3, -0.25) is 4.79 Å². The predicted octanol–water partition coefficient (Wildman–Crippen LogP) is 1.12. The smallest absolute Gasteiger partial charge is 0.245 e. The third-order valence-electron chi connectivity index (χ3n) is 2.08. The molecule has 0 radical (unpaired) electrons. The maximum atomic E-state index is 11.3. The second-order valence-electron chi connectivity index (χ2n) is 3.04. The van der Waals surface area contributed by atoms with E-state index in [1.165, 1.54) is 0 Å². The molecule has 1 saturated heterocycles. The van der Waals surface area contributed by atoms with E-state index in [-0.39, 0.29) is 11.9 Å². The molecule has 2 N–H and O–H groups in total. The summed E-state index contributed by atoms with van der Waals surface area (Å²) in [4.78, 5) is 12.9. The molecule has 1 aliphatic heterocycles. The van der Waals surface area contributed by atoms with Gasteiger partial charge in [-0.05, 0) is 18.2 Å². The molecule has 0 aliphatic carbocycles. The van der Waals surface area contributed by atoms with Crippen molar-refractivity contribution in [2.24, 2.45) is 5.73 Å². The Morgan fingerprint density at radius 3 is 2.85 bits per heavy atom. The lowest BCUT2D eigenvalue weighted by Crippen LogP contribution is -2.61. The van der Waals surface area contributed by atoms with Crippen molar-refractivity contribution in [3.05, 3.63) is 28.7 Å². The molecule has 0 bridgehead atoms. The van der Waals surface area contributed by atoms with Gasteiger partial charge >= 0.3 is 0 Å². The van der Waals surface area contributed by atoms with Crippen molar-refractivity contribution in [1.82, 2.24) is 0 Å². The summed E-state index contributed by atoms with van der Waals surface area (Å²) < 4.78 is 0.971. The van der Waals surface area contributed by atoms with Crippen LogP contribution < -0.4 is 10.6 Å². The summed E-state index contributed by atoms with van der Waals surface area (Å²) in [5.41, 5.74) is 6.39. The number of anilines is 1. The number of carbonyl (C=O) groups is 1. The van der Waals surface area contributed by atoms with E-state index in [1.54, 1.807) is 4.90 Å². The van der Waals surface area contributed by atoms with Gasteiger partial charge in [-0.2, -0.15) is 0 Å². The number of halogens is 1. The van der Waals surface area contributed by atoms with Crippen molar-refractivity contribution in [2.75, 3.05) is 11.4 Å². The molecule has 1 heterocycles. The molecule has 1 amide bonds.